The van der Waals surface area contributed by atoms with Crippen molar-refractivity contribution in [1.29, 1.82) is 0 Å². The molecule has 0 saturated carbocycles. The molecule has 0 radical (unpaired) electrons. The number of aryl methyl sites for hydroxylation is 1. The number of carbonyl (C=O) groups is 1. The molecular formula is C12H19N3OS. The Morgan fingerprint density at radius 1 is 1.71 bits per heavy atom. The molecule has 2 rings (SSSR count). The molecule has 17 heavy (non-hydrogen) atoms. The molecule has 5 heteroatoms. The SMILES string of the molecule is Cc1csc(C2CCCN(C(=O)C(C)N)C2)n1. The summed E-state index contributed by atoms with van der Waals surface area (Å²) >= 11 is 1.70. The normalized spacial score (nSPS) is 22.5. The molecule has 1 saturated heterocycles. The van der Waals surface area contributed by atoms with E-state index in [2.05, 4.69) is 10.4 Å². The average molecular weight is 253 g/mol. The summed E-state index contributed by atoms with van der Waals surface area (Å²) in [6.07, 6.45) is 2.16. The molecule has 1 aliphatic heterocycles. The summed E-state index contributed by atoms with van der Waals surface area (Å²) in [4.78, 5) is 18.3. The van der Waals surface area contributed by atoms with Gasteiger partial charge in [-0.15, -0.1) is 11.3 Å². The fraction of sp³-hybridized carbons (Fsp3) is 0.667. The Morgan fingerprint density at radius 3 is 3.06 bits per heavy atom. The van der Waals surface area contributed by atoms with Crippen molar-refractivity contribution in [2.45, 2.75) is 38.6 Å². The van der Waals surface area contributed by atoms with E-state index in [9.17, 15) is 4.79 Å². The highest BCUT2D eigenvalue weighted by atomic mass is 32.1. The van der Waals surface area contributed by atoms with E-state index in [0.717, 1.165) is 36.6 Å². The van der Waals surface area contributed by atoms with Gasteiger partial charge in [0.05, 0.1) is 11.0 Å². The molecule has 1 amide bonds. The molecule has 94 valence electrons. The van der Waals surface area contributed by atoms with E-state index in [1.807, 2.05) is 11.8 Å². The molecular weight excluding hydrogens is 234 g/mol. The zero-order valence-corrected chi connectivity index (χ0v) is 11.2. The third-order valence-electron chi connectivity index (χ3n) is 3.11. The first-order chi connectivity index (χ1) is 8.08. The smallest absolute Gasteiger partial charge is 0.239 e. The van der Waals surface area contributed by atoms with E-state index in [-0.39, 0.29) is 5.91 Å². The molecule has 4 nitrogen and oxygen atoms in total. The first kappa shape index (κ1) is 12.5. The summed E-state index contributed by atoms with van der Waals surface area (Å²) in [5, 5.41) is 3.23. The molecule has 0 aromatic carbocycles. The lowest BCUT2D eigenvalue weighted by molar-refractivity contribution is -0.133. The number of hydrogen-bond donors (Lipinski definition) is 1. The lowest BCUT2D eigenvalue weighted by Crippen LogP contribution is -2.46. The van der Waals surface area contributed by atoms with E-state index < -0.39 is 6.04 Å². The lowest BCUT2D eigenvalue weighted by Gasteiger charge is -2.32. The van der Waals surface area contributed by atoms with Crippen molar-refractivity contribution in [3.05, 3.63) is 16.1 Å². The summed E-state index contributed by atoms with van der Waals surface area (Å²) in [6.45, 7) is 5.36. The molecule has 0 spiro atoms. The highest BCUT2D eigenvalue weighted by Gasteiger charge is 2.27. The van der Waals surface area contributed by atoms with Gasteiger partial charge in [0.15, 0.2) is 0 Å². The minimum atomic E-state index is -0.396. The Balaban J connectivity index is 2.04. The van der Waals surface area contributed by atoms with Gasteiger partial charge in [0.25, 0.3) is 0 Å². The van der Waals surface area contributed by atoms with Crippen molar-refractivity contribution >= 4 is 17.2 Å². The molecule has 1 aliphatic rings. The van der Waals surface area contributed by atoms with Crippen LogP contribution in [0.2, 0.25) is 0 Å². The van der Waals surface area contributed by atoms with Gasteiger partial charge in [-0.3, -0.25) is 4.79 Å². The third-order valence-corrected chi connectivity index (χ3v) is 4.23. The minimum Gasteiger partial charge on any atom is -0.341 e. The number of thiazole rings is 1. The fourth-order valence-electron chi connectivity index (χ4n) is 2.23. The fourth-order valence-corrected chi connectivity index (χ4v) is 3.15. The van der Waals surface area contributed by atoms with Crippen LogP contribution in [0.5, 0.6) is 0 Å². The Labute approximate surface area is 106 Å². The number of hydrogen-bond acceptors (Lipinski definition) is 4. The van der Waals surface area contributed by atoms with Gasteiger partial charge < -0.3 is 10.6 Å². The summed E-state index contributed by atoms with van der Waals surface area (Å²) in [5.74, 6) is 0.452. The first-order valence-electron chi connectivity index (χ1n) is 6.04. The highest BCUT2D eigenvalue weighted by Crippen LogP contribution is 2.29. The zero-order valence-electron chi connectivity index (χ0n) is 10.3. The second-order valence-electron chi connectivity index (χ2n) is 4.74. The van der Waals surface area contributed by atoms with Crippen LogP contribution in [-0.2, 0) is 4.79 Å². The topological polar surface area (TPSA) is 59.2 Å². The number of likely N-dealkylation sites (tertiary alicyclic amines) is 1. The van der Waals surface area contributed by atoms with Crippen LogP contribution in [0, 0.1) is 6.92 Å². The standard InChI is InChI=1S/C12H19N3OS/c1-8-7-17-11(14-8)10-4-3-5-15(6-10)12(16)9(2)13/h7,9-10H,3-6,13H2,1-2H3. The third kappa shape index (κ3) is 2.84. The molecule has 2 heterocycles. The number of piperidine rings is 1. The van der Waals surface area contributed by atoms with Crippen molar-refractivity contribution in [3.63, 3.8) is 0 Å². The predicted octanol–water partition coefficient (Wildman–Crippen LogP) is 1.50. The van der Waals surface area contributed by atoms with Crippen molar-refractivity contribution in [1.82, 2.24) is 9.88 Å². The van der Waals surface area contributed by atoms with E-state index >= 15 is 0 Å². The van der Waals surface area contributed by atoms with Crippen LogP contribution in [-0.4, -0.2) is 34.9 Å². The van der Waals surface area contributed by atoms with Gasteiger partial charge >= 0.3 is 0 Å². The van der Waals surface area contributed by atoms with Crippen LogP contribution in [0.3, 0.4) is 0 Å². The number of nitrogens with two attached hydrogens (primary N) is 1. The van der Waals surface area contributed by atoms with E-state index in [4.69, 9.17) is 5.73 Å². The molecule has 1 fully saturated rings. The number of carbonyl (C=O) groups excluding carboxylic acids is 1. The van der Waals surface area contributed by atoms with Gasteiger partial charge in [-0.05, 0) is 26.7 Å². The average Bonchev–Trinajstić information content (AvgIpc) is 2.75. The zero-order chi connectivity index (χ0) is 12.4. The van der Waals surface area contributed by atoms with Gasteiger partial charge in [0, 0.05) is 30.1 Å². The summed E-state index contributed by atoms with van der Waals surface area (Å²) < 4.78 is 0. The molecule has 2 unspecified atom stereocenters. The minimum absolute atomic E-state index is 0.0583. The van der Waals surface area contributed by atoms with Crippen LogP contribution in [0.1, 0.15) is 36.4 Å². The largest absolute Gasteiger partial charge is 0.341 e. The molecule has 1 aromatic heterocycles. The monoisotopic (exact) mass is 253 g/mol. The first-order valence-corrected chi connectivity index (χ1v) is 6.92. The van der Waals surface area contributed by atoms with Crippen LogP contribution in [0.15, 0.2) is 5.38 Å². The van der Waals surface area contributed by atoms with Crippen molar-refractivity contribution in [2.75, 3.05) is 13.1 Å². The molecule has 1 aromatic rings. The molecule has 0 bridgehead atoms. The van der Waals surface area contributed by atoms with Crippen LogP contribution < -0.4 is 5.73 Å². The van der Waals surface area contributed by atoms with Gasteiger partial charge in [-0.25, -0.2) is 4.98 Å². The maximum atomic E-state index is 11.9. The van der Waals surface area contributed by atoms with E-state index in [1.165, 1.54) is 0 Å². The summed E-state index contributed by atoms with van der Waals surface area (Å²) in [6, 6.07) is -0.396. The summed E-state index contributed by atoms with van der Waals surface area (Å²) in [5.41, 5.74) is 6.72. The van der Waals surface area contributed by atoms with Gasteiger partial charge in [-0.1, -0.05) is 0 Å². The van der Waals surface area contributed by atoms with Crippen LogP contribution in [0.25, 0.3) is 0 Å². The van der Waals surface area contributed by atoms with Crippen LogP contribution >= 0.6 is 11.3 Å². The molecule has 2 atom stereocenters. The quantitative estimate of drug-likeness (QED) is 0.869. The maximum absolute atomic E-state index is 11.9. The Hall–Kier alpha value is -0.940. The van der Waals surface area contributed by atoms with Crippen molar-refractivity contribution in [3.8, 4) is 0 Å². The molecule has 2 N–H and O–H groups in total. The van der Waals surface area contributed by atoms with E-state index in [1.54, 1.807) is 18.3 Å². The van der Waals surface area contributed by atoms with E-state index in [0.29, 0.717) is 5.92 Å². The predicted molar refractivity (Wildman–Crippen MR) is 69.1 cm³/mol. The summed E-state index contributed by atoms with van der Waals surface area (Å²) in [7, 11) is 0. The number of rotatable bonds is 2. The van der Waals surface area contributed by atoms with Crippen LogP contribution in [0.4, 0.5) is 0 Å². The lowest BCUT2D eigenvalue weighted by atomic mass is 9.98. The number of nitrogens with zero attached hydrogens (tertiary/aromatic N) is 2. The second-order valence-corrected chi connectivity index (χ2v) is 5.63. The van der Waals surface area contributed by atoms with Crippen molar-refractivity contribution < 1.29 is 4.79 Å². The number of amides is 1. The Kier molecular flexibility index (Phi) is 3.79. The second kappa shape index (κ2) is 5.14. The Bertz CT molecular complexity index is 402. The Morgan fingerprint density at radius 2 is 2.47 bits per heavy atom. The van der Waals surface area contributed by atoms with Gasteiger partial charge in [0.1, 0.15) is 0 Å². The highest BCUT2D eigenvalue weighted by molar-refractivity contribution is 7.09. The maximum Gasteiger partial charge on any atom is 0.239 e. The number of aromatic nitrogens is 1. The van der Waals surface area contributed by atoms with Gasteiger partial charge in [0.2, 0.25) is 5.91 Å². The van der Waals surface area contributed by atoms with Crippen molar-refractivity contribution in [2.24, 2.45) is 5.73 Å². The van der Waals surface area contributed by atoms with Gasteiger partial charge in [-0.2, -0.15) is 0 Å². The molecule has 0 aliphatic carbocycles.